The fourth-order valence-electron chi connectivity index (χ4n) is 5.24. The van der Waals surface area contributed by atoms with E-state index in [-0.39, 0.29) is 29.9 Å². The van der Waals surface area contributed by atoms with Gasteiger partial charge in [-0.1, -0.05) is 23.7 Å². The Morgan fingerprint density at radius 3 is 2.57 bits per heavy atom. The maximum Gasteiger partial charge on any atom is 0.413 e. The van der Waals surface area contributed by atoms with Crippen molar-refractivity contribution in [1.82, 2.24) is 19.5 Å². The van der Waals surface area contributed by atoms with E-state index < -0.39 is 33.8 Å². The Hall–Kier alpha value is -2.86. The second-order valence-electron chi connectivity index (χ2n) is 9.56. The first-order valence-electron chi connectivity index (χ1n) is 11.9. The molecule has 0 saturated carbocycles. The van der Waals surface area contributed by atoms with Crippen molar-refractivity contribution in [2.75, 3.05) is 30.0 Å². The first-order valence-corrected chi connectivity index (χ1v) is 14.2. The van der Waals surface area contributed by atoms with E-state index in [0.717, 1.165) is 36.2 Å². The van der Waals surface area contributed by atoms with Gasteiger partial charge in [0, 0.05) is 52.5 Å². The number of aryl methyl sites for hydroxylation is 1. The third-order valence-corrected chi connectivity index (χ3v) is 9.10. The number of benzene rings is 1. The summed E-state index contributed by atoms with van der Waals surface area (Å²) in [6, 6.07) is 5.61. The Morgan fingerprint density at radius 1 is 1.24 bits per heavy atom. The molecule has 1 amide bonds. The molecule has 1 saturated heterocycles. The van der Waals surface area contributed by atoms with Gasteiger partial charge in [0.2, 0.25) is 5.91 Å². The first kappa shape index (κ1) is 25.8. The largest absolute Gasteiger partial charge is 0.413 e. The van der Waals surface area contributed by atoms with Crippen LogP contribution in [0, 0.1) is 10.7 Å². The van der Waals surface area contributed by atoms with Gasteiger partial charge < -0.3 is 9.80 Å². The lowest BCUT2D eigenvalue weighted by atomic mass is 9.98. The second kappa shape index (κ2) is 9.46. The molecule has 0 aliphatic carbocycles. The van der Waals surface area contributed by atoms with E-state index in [1.54, 1.807) is 28.9 Å². The number of hydrogen-bond donors (Lipinski definition) is 1. The van der Waals surface area contributed by atoms with Gasteiger partial charge in [-0.2, -0.15) is 18.3 Å². The Bertz CT molecular complexity index is 1430. The summed E-state index contributed by atoms with van der Waals surface area (Å²) in [5, 5.41) is 4.64. The van der Waals surface area contributed by atoms with Crippen LogP contribution in [0.25, 0.3) is 5.65 Å². The molecule has 3 aromatic rings. The van der Waals surface area contributed by atoms with Crippen LogP contribution in [0.15, 0.2) is 36.5 Å². The van der Waals surface area contributed by atoms with Crippen molar-refractivity contribution in [2.24, 2.45) is 5.92 Å². The SMILES string of the molecule is CN(C(=O)C1CCS(=N)(=O)CC1)[C@@H](c1ccc(N2CCCc3c2cnc2cc(Cl)nn32)cc1)C(F)(F)F. The summed E-state index contributed by atoms with van der Waals surface area (Å²) < 4.78 is 63.9. The predicted octanol–water partition coefficient (Wildman–Crippen LogP) is 4.99. The van der Waals surface area contributed by atoms with Gasteiger partial charge in [0.25, 0.3) is 0 Å². The van der Waals surface area contributed by atoms with Crippen LogP contribution in [0.2, 0.25) is 5.15 Å². The van der Waals surface area contributed by atoms with Gasteiger partial charge in [-0.05, 0) is 43.4 Å². The van der Waals surface area contributed by atoms with Crippen LogP contribution in [0.1, 0.15) is 36.6 Å². The molecule has 1 atom stereocenters. The fraction of sp³-hybridized carbons (Fsp3) is 0.458. The summed E-state index contributed by atoms with van der Waals surface area (Å²) in [6.07, 6.45) is -1.06. The highest BCUT2D eigenvalue weighted by molar-refractivity contribution is 7.92. The van der Waals surface area contributed by atoms with Crippen LogP contribution >= 0.6 is 11.6 Å². The van der Waals surface area contributed by atoms with E-state index in [1.807, 2.05) is 4.90 Å². The van der Waals surface area contributed by atoms with Crippen molar-refractivity contribution in [3.05, 3.63) is 52.9 Å². The third-order valence-electron chi connectivity index (χ3n) is 7.12. The summed E-state index contributed by atoms with van der Waals surface area (Å²) in [6.45, 7) is 0.663. The van der Waals surface area contributed by atoms with Gasteiger partial charge in [0.05, 0.1) is 17.6 Å². The van der Waals surface area contributed by atoms with Gasteiger partial charge in [-0.3, -0.25) is 9.57 Å². The van der Waals surface area contributed by atoms with Crippen molar-refractivity contribution in [3.63, 3.8) is 0 Å². The number of alkyl halides is 3. The molecule has 1 N–H and O–H groups in total. The number of halogens is 4. The fourth-order valence-corrected chi connectivity index (χ4v) is 6.95. The lowest BCUT2D eigenvalue weighted by Gasteiger charge is -2.35. The maximum absolute atomic E-state index is 14.2. The van der Waals surface area contributed by atoms with Crippen molar-refractivity contribution in [3.8, 4) is 0 Å². The number of nitrogens with one attached hydrogen (secondary N) is 1. The summed E-state index contributed by atoms with van der Waals surface area (Å²) in [5.74, 6) is -1.24. The van der Waals surface area contributed by atoms with Crippen LogP contribution in [0.5, 0.6) is 0 Å². The number of hydrogen-bond acceptors (Lipinski definition) is 6. The zero-order valence-corrected chi connectivity index (χ0v) is 21.6. The van der Waals surface area contributed by atoms with Gasteiger partial charge in [0.15, 0.2) is 16.8 Å². The molecule has 4 heterocycles. The standard InChI is InChI=1S/C24H26ClF3N6O2S/c1-32(23(35)16-8-11-37(29,36)12-9-16)22(24(26,27)28)15-4-6-17(7-5-15)33-10-2-3-18-19(33)14-30-21-13-20(25)31-34(18)21/h4-7,13-14,16,22,29H,2-3,8-12H2,1H3/t16?,22-,37?/m0/s1. The molecule has 1 aromatic carbocycles. The molecule has 13 heteroatoms. The van der Waals surface area contributed by atoms with E-state index >= 15 is 0 Å². The normalized spacial score (nSPS) is 23.1. The summed E-state index contributed by atoms with van der Waals surface area (Å²) in [7, 11) is -1.58. The highest BCUT2D eigenvalue weighted by Crippen LogP contribution is 2.40. The minimum absolute atomic E-state index is 0.0336. The lowest BCUT2D eigenvalue weighted by molar-refractivity contribution is -0.190. The van der Waals surface area contributed by atoms with Gasteiger partial charge >= 0.3 is 6.18 Å². The monoisotopic (exact) mass is 554 g/mol. The lowest BCUT2D eigenvalue weighted by Crippen LogP contribution is -2.44. The number of fused-ring (bicyclic) bond motifs is 3. The Balaban J connectivity index is 1.41. The average Bonchev–Trinajstić information content (AvgIpc) is 3.24. The molecule has 0 bridgehead atoms. The molecule has 2 aliphatic heterocycles. The molecule has 1 fully saturated rings. The molecule has 8 nitrogen and oxygen atoms in total. The number of rotatable bonds is 4. The van der Waals surface area contributed by atoms with Crippen LogP contribution in [-0.2, 0) is 20.9 Å². The highest BCUT2D eigenvalue weighted by Gasteiger charge is 2.46. The van der Waals surface area contributed by atoms with Crippen LogP contribution in [-0.4, -0.2) is 60.9 Å². The zero-order valence-electron chi connectivity index (χ0n) is 20.0. The predicted molar refractivity (Wildman–Crippen MR) is 135 cm³/mol. The topological polar surface area (TPSA) is 94.7 Å². The molecule has 5 rings (SSSR count). The molecule has 2 aromatic heterocycles. The van der Waals surface area contributed by atoms with E-state index in [1.165, 1.54) is 12.1 Å². The van der Waals surface area contributed by atoms with E-state index in [4.69, 9.17) is 16.4 Å². The molecular formula is C24H26ClF3N6O2S. The molecule has 37 heavy (non-hydrogen) atoms. The van der Waals surface area contributed by atoms with Crippen molar-refractivity contribution in [1.29, 1.82) is 4.78 Å². The van der Waals surface area contributed by atoms with Crippen molar-refractivity contribution >= 4 is 44.3 Å². The number of anilines is 2. The van der Waals surface area contributed by atoms with E-state index in [0.29, 0.717) is 23.0 Å². The third kappa shape index (κ3) is 5.00. The van der Waals surface area contributed by atoms with E-state index in [9.17, 15) is 22.2 Å². The Morgan fingerprint density at radius 2 is 1.92 bits per heavy atom. The minimum atomic E-state index is -4.68. The van der Waals surface area contributed by atoms with Gasteiger partial charge in [-0.15, -0.1) is 0 Å². The number of carbonyl (C=O) groups is 1. The van der Waals surface area contributed by atoms with Crippen molar-refractivity contribution < 1.29 is 22.2 Å². The van der Waals surface area contributed by atoms with Gasteiger partial charge in [0.1, 0.15) is 0 Å². The zero-order chi connectivity index (χ0) is 26.5. The van der Waals surface area contributed by atoms with Crippen LogP contribution in [0.4, 0.5) is 24.5 Å². The maximum atomic E-state index is 14.2. The van der Waals surface area contributed by atoms with Crippen molar-refractivity contribution in [2.45, 2.75) is 37.9 Å². The number of amides is 1. The molecule has 0 unspecified atom stereocenters. The van der Waals surface area contributed by atoms with Gasteiger partial charge in [-0.25, -0.2) is 13.7 Å². The number of nitrogens with zero attached hydrogens (tertiary/aromatic N) is 5. The summed E-state index contributed by atoms with van der Waals surface area (Å²) >= 11 is 6.05. The molecule has 0 spiro atoms. The quantitative estimate of drug-likeness (QED) is 0.490. The molecule has 198 valence electrons. The Labute approximate surface area is 217 Å². The summed E-state index contributed by atoms with van der Waals surface area (Å²) in [5.41, 5.74) is 3.03. The smallest absolute Gasteiger partial charge is 0.339 e. The molecule has 2 aliphatic rings. The van der Waals surface area contributed by atoms with Crippen LogP contribution < -0.4 is 4.90 Å². The second-order valence-corrected chi connectivity index (χ2v) is 12.4. The molecule has 0 radical (unpaired) electrons. The average molecular weight is 555 g/mol. The first-order chi connectivity index (χ1) is 17.4. The Kier molecular flexibility index (Phi) is 6.59. The van der Waals surface area contributed by atoms with E-state index in [2.05, 4.69) is 10.1 Å². The minimum Gasteiger partial charge on any atom is -0.339 e. The molecular weight excluding hydrogens is 529 g/mol. The summed E-state index contributed by atoms with van der Waals surface area (Å²) in [4.78, 5) is 20.1. The van der Waals surface area contributed by atoms with Crippen LogP contribution in [0.3, 0.4) is 0 Å². The number of aromatic nitrogens is 3. The highest BCUT2D eigenvalue weighted by atomic mass is 35.5. The number of carbonyl (C=O) groups excluding carboxylic acids is 1.